The van der Waals surface area contributed by atoms with Crippen molar-refractivity contribution in [2.45, 2.75) is 70.4 Å². The summed E-state index contributed by atoms with van der Waals surface area (Å²) in [4.78, 5) is 17.4. The van der Waals surface area contributed by atoms with E-state index in [4.69, 9.17) is 14.3 Å². The average molecular weight is 326 g/mol. The number of carbonyl (C=O) groups excluding carboxylic acids is 1. The van der Waals surface area contributed by atoms with Crippen molar-refractivity contribution < 1.29 is 19.1 Å². The van der Waals surface area contributed by atoms with Gasteiger partial charge in [0.2, 0.25) is 0 Å². The maximum absolute atomic E-state index is 12.2. The summed E-state index contributed by atoms with van der Waals surface area (Å²) < 4.78 is 11.2. The minimum atomic E-state index is -0.488. The van der Waals surface area contributed by atoms with E-state index in [0.717, 1.165) is 24.2 Å². The van der Waals surface area contributed by atoms with Gasteiger partial charge < -0.3 is 14.8 Å². The highest BCUT2D eigenvalue weighted by atomic mass is 16.7. The van der Waals surface area contributed by atoms with E-state index in [-0.39, 0.29) is 24.5 Å². The third kappa shape index (κ3) is 3.98. The van der Waals surface area contributed by atoms with Crippen LogP contribution in [0.3, 0.4) is 0 Å². The van der Waals surface area contributed by atoms with Crippen LogP contribution in [0.2, 0.25) is 0 Å². The highest BCUT2D eigenvalue weighted by Crippen LogP contribution is 2.59. The molecule has 0 aromatic rings. The molecule has 6 nitrogen and oxygen atoms in total. The predicted molar refractivity (Wildman–Crippen MR) is 85.5 cm³/mol. The van der Waals surface area contributed by atoms with Gasteiger partial charge in [0.25, 0.3) is 0 Å². The SMILES string of the molecule is CON(C)C1OC1[C@H](C[C@H]1[C@@H]2CCC[C@@H]21)NC(=O)OC(C)(C)C. The van der Waals surface area contributed by atoms with Crippen LogP contribution in [0.4, 0.5) is 4.79 Å². The van der Waals surface area contributed by atoms with Gasteiger partial charge in [0, 0.05) is 7.05 Å². The number of alkyl carbamates (subject to hydrolysis) is 1. The molecule has 0 bridgehead atoms. The summed E-state index contributed by atoms with van der Waals surface area (Å²) in [5.74, 6) is 2.48. The smallest absolute Gasteiger partial charge is 0.407 e. The summed E-state index contributed by atoms with van der Waals surface area (Å²) in [6.45, 7) is 5.63. The van der Waals surface area contributed by atoms with E-state index in [0.29, 0.717) is 0 Å². The highest BCUT2D eigenvalue weighted by Gasteiger charge is 2.56. The maximum atomic E-state index is 12.2. The summed E-state index contributed by atoms with van der Waals surface area (Å²) in [6.07, 6.45) is 4.58. The molecule has 6 atom stereocenters. The van der Waals surface area contributed by atoms with Crippen LogP contribution in [0.5, 0.6) is 0 Å². The zero-order valence-electron chi connectivity index (χ0n) is 14.9. The Morgan fingerprint density at radius 2 is 2.00 bits per heavy atom. The van der Waals surface area contributed by atoms with E-state index in [9.17, 15) is 4.79 Å². The molecular weight excluding hydrogens is 296 g/mol. The third-order valence-electron chi connectivity index (χ3n) is 5.36. The van der Waals surface area contributed by atoms with E-state index in [1.165, 1.54) is 19.3 Å². The number of hydroxylamine groups is 2. The number of hydrogen-bond acceptors (Lipinski definition) is 5. The Morgan fingerprint density at radius 1 is 1.35 bits per heavy atom. The summed E-state index contributed by atoms with van der Waals surface area (Å²) in [7, 11) is 3.47. The number of ether oxygens (including phenoxy) is 2. The van der Waals surface area contributed by atoms with Gasteiger partial charge in [-0.2, -0.15) is 5.06 Å². The van der Waals surface area contributed by atoms with Crippen molar-refractivity contribution in [1.82, 2.24) is 10.4 Å². The van der Waals surface area contributed by atoms with Gasteiger partial charge in [-0.05, 0) is 57.8 Å². The van der Waals surface area contributed by atoms with Crippen LogP contribution in [0, 0.1) is 17.8 Å². The molecule has 0 aromatic heterocycles. The molecule has 1 saturated heterocycles. The van der Waals surface area contributed by atoms with Gasteiger partial charge in [-0.1, -0.05) is 6.42 Å². The lowest BCUT2D eigenvalue weighted by atomic mass is 10.0. The first kappa shape index (κ1) is 17.0. The van der Waals surface area contributed by atoms with E-state index < -0.39 is 5.60 Å². The van der Waals surface area contributed by atoms with Crippen LogP contribution in [0.15, 0.2) is 0 Å². The zero-order chi connectivity index (χ0) is 16.8. The number of fused-ring (bicyclic) bond motifs is 1. The summed E-state index contributed by atoms with van der Waals surface area (Å²) in [5, 5.41) is 4.73. The summed E-state index contributed by atoms with van der Waals surface area (Å²) >= 11 is 0. The fourth-order valence-electron chi connectivity index (χ4n) is 4.15. The van der Waals surface area contributed by atoms with Crippen molar-refractivity contribution in [3.05, 3.63) is 0 Å². The van der Waals surface area contributed by atoms with Crippen LogP contribution in [0.1, 0.15) is 46.5 Å². The number of rotatable bonds is 6. The van der Waals surface area contributed by atoms with E-state index in [1.54, 1.807) is 12.2 Å². The molecule has 3 aliphatic rings. The number of hydrogen-bond donors (Lipinski definition) is 1. The Bertz CT molecular complexity index is 440. The Balaban J connectivity index is 1.57. The molecule has 0 spiro atoms. The van der Waals surface area contributed by atoms with Crippen molar-refractivity contribution >= 4 is 6.09 Å². The van der Waals surface area contributed by atoms with E-state index in [1.807, 2.05) is 27.8 Å². The van der Waals surface area contributed by atoms with Crippen LogP contribution >= 0.6 is 0 Å². The minimum absolute atomic E-state index is 0.0111. The molecule has 2 saturated carbocycles. The molecule has 6 heteroatoms. The van der Waals surface area contributed by atoms with Gasteiger partial charge in [0.05, 0.1) is 13.2 Å². The van der Waals surface area contributed by atoms with Crippen LogP contribution in [-0.4, -0.2) is 49.3 Å². The molecule has 3 rings (SSSR count). The Labute approximate surface area is 138 Å². The number of epoxide rings is 1. The molecule has 2 aliphatic carbocycles. The fourth-order valence-corrected chi connectivity index (χ4v) is 4.15. The molecule has 0 radical (unpaired) electrons. The van der Waals surface area contributed by atoms with Gasteiger partial charge >= 0.3 is 6.09 Å². The fraction of sp³-hybridized carbons (Fsp3) is 0.941. The van der Waals surface area contributed by atoms with Crippen molar-refractivity contribution in [2.24, 2.45) is 17.8 Å². The second-order valence-electron chi connectivity index (χ2n) is 8.13. The molecule has 1 N–H and O–H groups in total. The largest absolute Gasteiger partial charge is 0.444 e. The van der Waals surface area contributed by atoms with Gasteiger partial charge in [-0.25, -0.2) is 4.79 Å². The first-order chi connectivity index (χ1) is 10.8. The monoisotopic (exact) mass is 326 g/mol. The number of nitrogens with zero attached hydrogens (tertiary/aromatic N) is 1. The topological polar surface area (TPSA) is 63.3 Å². The summed E-state index contributed by atoms with van der Waals surface area (Å²) in [6, 6.07) is -0.0111. The zero-order valence-corrected chi connectivity index (χ0v) is 14.9. The van der Waals surface area contributed by atoms with Gasteiger partial charge in [0.1, 0.15) is 11.7 Å². The normalized spacial score (nSPS) is 36.5. The molecule has 132 valence electrons. The number of likely N-dealkylation sites (N-methyl/N-ethyl adjacent to an activating group) is 1. The van der Waals surface area contributed by atoms with E-state index >= 15 is 0 Å². The number of nitrogens with one attached hydrogen (secondary N) is 1. The van der Waals surface area contributed by atoms with Crippen LogP contribution in [-0.2, 0) is 14.3 Å². The maximum Gasteiger partial charge on any atom is 0.407 e. The molecule has 0 aromatic carbocycles. The van der Waals surface area contributed by atoms with E-state index in [2.05, 4.69) is 5.32 Å². The Hall–Kier alpha value is -0.850. The first-order valence-electron chi connectivity index (χ1n) is 8.72. The molecule has 1 aliphatic heterocycles. The van der Waals surface area contributed by atoms with Gasteiger partial charge in [-0.3, -0.25) is 4.84 Å². The molecule has 1 amide bonds. The summed E-state index contributed by atoms with van der Waals surface area (Å²) in [5.41, 5.74) is -0.488. The van der Waals surface area contributed by atoms with Crippen molar-refractivity contribution in [2.75, 3.05) is 14.2 Å². The van der Waals surface area contributed by atoms with Crippen LogP contribution < -0.4 is 5.32 Å². The number of amides is 1. The average Bonchev–Trinajstić information content (AvgIpc) is 3.31. The minimum Gasteiger partial charge on any atom is -0.444 e. The molecule has 2 unspecified atom stereocenters. The molecule has 23 heavy (non-hydrogen) atoms. The molecule has 3 fully saturated rings. The number of carbonyl (C=O) groups is 1. The van der Waals surface area contributed by atoms with Gasteiger partial charge in [0.15, 0.2) is 6.23 Å². The predicted octanol–water partition coefficient (Wildman–Crippen LogP) is 2.53. The van der Waals surface area contributed by atoms with Crippen LogP contribution in [0.25, 0.3) is 0 Å². The third-order valence-corrected chi connectivity index (χ3v) is 5.36. The Morgan fingerprint density at radius 3 is 2.57 bits per heavy atom. The quantitative estimate of drug-likeness (QED) is 0.600. The van der Waals surface area contributed by atoms with Gasteiger partial charge in [-0.15, -0.1) is 0 Å². The highest BCUT2D eigenvalue weighted by molar-refractivity contribution is 5.68. The Kier molecular flexibility index (Phi) is 4.60. The molecule has 1 heterocycles. The second-order valence-corrected chi connectivity index (χ2v) is 8.13. The molecular formula is C17H30N2O4. The van der Waals surface area contributed by atoms with Crippen molar-refractivity contribution in [1.29, 1.82) is 0 Å². The lowest BCUT2D eigenvalue weighted by molar-refractivity contribution is -0.138. The first-order valence-corrected chi connectivity index (χ1v) is 8.72. The standard InChI is InChI=1S/C17H30N2O4/c1-17(2,3)23-16(20)18-13(14-15(22-14)19(4)21-5)9-12-10-7-6-8-11(10)12/h10-15H,6-9H2,1-5H3,(H,18,20)/t10-,11+,12+,13-,14?,15?/m0/s1. The lowest BCUT2D eigenvalue weighted by Gasteiger charge is -2.23. The van der Waals surface area contributed by atoms with Crippen molar-refractivity contribution in [3.8, 4) is 0 Å². The lowest BCUT2D eigenvalue weighted by Crippen LogP contribution is -2.44. The second kappa shape index (κ2) is 6.22. The van der Waals surface area contributed by atoms with Crippen molar-refractivity contribution in [3.63, 3.8) is 0 Å².